The molecule has 1 aliphatic rings. The molecule has 62 valence electrons. The Hall–Kier alpha value is -0.730. The summed E-state index contributed by atoms with van der Waals surface area (Å²) in [6.45, 7) is 3.96. The third kappa shape index (κ3) is 1.54. The number of imide groups is 1. The Morgan fingerprint density at radius 3 is 1.92 bits per heavy atom. The van der Waals surface area contributed by atoms with Gasteiger partial charge in [-0.15, -0.1) is 0 Å². The standard InChI is InChI=1S/C7H11B2NO2/c1-3-5(4-2)10-6(11)8-9-7(10)12/h5H,3-4H2,1-2H3. The Kier molecular flexibility index (Phi) is 2.95. The van der Waals surface area contributed by atoms with E-state index in [4.69, 9.17) is 0 Å². The lowest BCUT2D eigenvalue weighted by molar-refractivity contribution is 0.197. The number of carbonyl (C=O) groups excluding carboxylic acids is 2. The Morgan fingerprint density at radius 2 is 1.58 bits per heavy atom. The topological polar surface area (TPSA) is 37.4 Å². The maximum atomic E-state index is 11.2. The molecule has 5 heteroatoms. The normalized spacial score (nSPS) is 16.8. The van der Waals surface area contributed by atoms with E-state index in [0.717, 1.165) is 12.8 Å². The molecule has 2 amide bonds. The first-order chi connectivity index (χ1) is 5.70. The van der Waals surface area contributed by atoms with Crippen LogP contribution in [0.2, 0.25) is 0 Å². The number of amides is 2. The van der Waals surface area contributed by atoms with Crippen molar-refractivity contribution in [1.29, 1.82) is 0 Å². The minimum absolute atomic E-state index is 0.0694. The van der Waals surface area contributed by atoms with E-state index in [1.54, 1.807) is 0 Å². The van der Waals surface area contributed by atoms with E-state index in [1.807, 2.05) is 13.8 Å². The van der Waals surface area contributed by atoms with Gasteiger partial charge < -0.3 is 0 Å². The zero-order valence-electron chi connectivity index (χ0n) is 7.41. The average molecular weight is 163 g/mol. The van der Waals surface area contributed by atoms with E-state index in [2.05, 4.69) is 0 Å². The van der Waals surface area contributed by atoms with Crippen molar-refractivity contribution in [3.8, 4) is 0 Å². The van der Waals surface area contributed by atoms with Crippen LogP contribution in [0.15, 0.2) is 0 Å². The van der Waals surface area contributed by atoms with Crippen LogP contribution in [-0.4, -0.2) is 36.9 Å². The van der Waals surface area contributed by atoms with Crippen LogP contribution < -0.4 is 0 Å². The van der Waals surface area contributed by atoms with Gasteiger partial charge in [0.1, 0.15) is 0 Å². The Bertz CT molecular complexity index is 188. The molecule has 12 heavy (non-hydrogen) atoms. The van der Waals surface area contributed by atoms with Gasteiger partial charge in [0.05, 0.1) is 0 Å². The quantitative estimate of drug-likeness (QED) is 0.583. The molecule has 0 N–H and O–H groups in total. The SMILES string of the molecule is CCC(CC)N1C(=O)[B][B]C1=O. The summed E-state index contributed by atoms with van der Waals surface area (Å²) in [6.07, 6.45) is 1.66. The second kappa shape index (κ2) is 3.78. The van der Waals surface area contributed by atoms with Crippen molar-refractivity contribution in [2.75, 3.05) is 0 Å². The number of nitrogens with zero attached hydrogens (tertiary/aromatic N) is 1. The van der Waals surface area contributed by atoms with Crippen LogP contribution in [0, 0.1) is 0 Å². The predicted molar refractivity (Wildman–Crippen MR) is 48.5 cm³/mol. The second-order valence-corrected chi connectivity index (χ2v) is 2.85. The van der Waals surface area contributed by atoms with E-state index in [0.29, 0.717) is 0 Å². The molecule has 1 aliphatic heterocycles. The first kappa shape index (κ1) is 9.36. The van der Waals surface area contributed by atoms with E-state index in [9.17, 15) is 9.59 Å². The highest BCUT2D eigenvalue weighted by molar-refractivity contribution is 7.30. The van der Waals surface area contributed by atoms with Crippen molar-refractivity contribution >= 4 is 26.0 Å². The van der Waals surface area contributed by atoms with Gasteiger partial charge >= 0.3 is 0 Å². The van der Waals surface area contributed by atoms with E-state index in [1.165, 1.54) is 19.2 Å². The predicted octanol–water partition coefficient (Wildman–Crippen LogP) is 1.05. The van der Waals surface area contributed by atoms with Gasteiger partial charge in [0, 0.05) is 6.04 Å². The minimum Gasteiger partial charge on any atom is -0.300 e. The third-order valence-electron chi connectivity index (χ3n) is 2.15. The smallest absolute Gasteiger partial charge is 0.201 e. The molecular weight excluding hydrogens is 152 g/mol. The highest BCUT2D eigenvalue weighted by Gasteiger charge is 2.34. The van der Waals surface area contributed by atoms with Crippen molar-refractivity contribution in [1.82, 2.24) is 4.90 Å². The highest BCUT2D eigenvalue weighted by atomic mass is 16.2. The molecule has 1 fully saturated rings. The molecule has 1 heterocycles. The minimum atomic E-state index is -0.172. The van der Waals surface area contributed by atoms with Crippen LogP contribution in [0.1, 0.15) is 26.7 Å². The van der Waals surface area contributed by atoms with Crippen molar-refractivity contribution in [3.63, 3.8) is 0 Å². The van der Waals surface area contributed by atoms with Gasteiger partial charge in [-0.1, -0.05) is 13.8 Å². The van der Waals surface area contributed by atoms with Crippen molar-refractivity contribution in [3.05, 3.63) is 0 Å². The molecule has 0 aromatic carbocycles. The van der Waals surface area contributed by atoms with Crippen LogP contribution in [0.4, 0.5) is 9.59 Å². The summed E-state index contributed by atoms with van der Waals surface area (Å²) in [6, 6.07) is 0.0694. The number of hydrogen-bond acceptors (Lipinski definition) is 2. The molecule has 0 spiro atoms. The second-order valence-electron chi connectivity index (χ2n) is 2.85. The third-order valence-corrected chi connectivity index (χ3v) is 2.15. The van der Waals surface area contributed by atoms with Gasteiger partial charge in [0.25, 0.3) is 0 Å². The fourth-order valence-corrected chi connectivity index (χ4v) is 1.43. The summed E-state index contributed by atoms with van der Waals surface area (Å²) >= 11 is 0. The number of carbonyl (C=O) groups is 2. The van der Waals surface area contributed by atoms with Gasteiger partial charge in [-0.25, -0.2) is 0 Å². The summed E-state index contributed by atoms with van der Waals surface area (Å²) in [4.78, 5) is 23.7. The molecule has 1 saturated heterocycles. The maximum Gasteiger partial charge on any atom is 0.201 e. The molecule has 3 nitrogen and oxygen atoms in total. The van der Waals surface area contributed by atoms with Crippen molar-refractivity contribution < 1.29 is 9.59 Å². The molecular formula is C7H11B2NO2. The lowest BCUT2D eigenvalue weighted by Gasteiger charge is -2.25. The van der Waals surface area contributed by atoms with Gasteiger partial charge in [0.2, 0.25) is 14.3 Å². The molecule has 2 radical (unpaired) electrons. The molecule has 0 aromatic rings. The van der Waals surface area contributed by atoms with Crippen molar-refractivity contribution in [2.24, 2.45) is 0 Å². The van der Waals surface area contributed by atoms with Crippen LogP contribution in [0.5, 0.6) is 0 Å². The zero-order chi connectivity index (χ0) is 9.14. The molecule has 0 aromatic heterocycles. The Morgan fingerprint density at radius 1 is 1.17 bits per heavy atom. The molecule has 0 unspecified atom stereocenters. The monoisotopic (exact) mass is 163 g/mol. The van der Waals surface area contributed by atoms with E-state index < -0.39 is 0 Å². The van der Waals surface area contributed by atoms with Crippen LogP contribution in [-0.2, 0) is 0 Å². The largest absolute Gasteiger partial charge is 0.300 e. The number of hydrogen-bond donors (Lipinski definition) is 0. The summed E-state index contributed by atoms with van der Waals surface area (Å²) in [5, 5.41) is 0. The lowest BCUT2D eigenvalue weighted by atomic mass is 9.42. The molecule has 0 saturated carbocycles. The molecule has 0 aliphatic carbocycles. The van der Waals surface area contributed by atoms with E-state index >= 15 is 0 Å². The molecule has 0 bridgehead atoms. The summed E-state index contributed by atoms with van der Waals surface area (Å²) in [7, 11) is 2.67. The van der Waals surface area contributed by atoms with Crippen molar-refractivity contribution in [2.45, 2.75) is 32.7 Å². The first-order valence-corrected chi connectivity index (χ1v) is 4.26. The van der Waals surface area contributed by atoms with Gasteiger partial charge in [-0.3, -0.25) is 14.5 Å². The van der Waals surface area contributed by atoms with Crippen LogP contribution in [0.25, 0.3) is 0 Å². The van der Waals surface area contributed by atoms with Gasteiger partial charge in [0.15, 0.2) is 11.6 Å². The van der Waals surface area contributed by atoms with Crippen LogP contribution >= 0.6 is 0 Å². The first-order valence-electron chi connectivity index (χ1n) is 4.26. The van der Waals surface area contributed by atoms with E-state index in [-0.39, 0.29) is 17.7 Å². The average Bonchev–Trinajstić information content (AvgIpc) is 2.38. The highest BCUT2D eigenvalue weighted by Crippen LogP contribution is 2.13. The fraction of sp³-hybridized carbons (Fsp3) is 0.714. The zero-order valence-corrected chi connectivity index (χ0v) is 7.41. The summed E-state index contributed by atoms with van der Waals surface area (Å²) < 4.78 is 0. The van der Waals surface area contributed by atoms with Gasteiger partial charge in [-0.2, -0.15) is 0 Å². The Balaban J connectivity index is 2.70. The summed E-state index contributed by atoms with van der Waals surface area (Å²) in [5.41, 5.74) is 0. The lowest BCUT2D eigenvalue weighted by Crippen LogP contribution is -2.38. The number of rotatable bonds is 3. The summed E-state index contributed by atoms with van der Waals surface area (Å²) in [5.74, 6) is -0.345. The molecule has 1 rings (SSSR count). The maximum absolute atomic E-state index is 11.2. The van der Waals surface area contributed by atoms with Gasteiger partial charge in [-0.05, 0) is 12.8 Å². The van der Waals surface area contributed by atoms with Crippen LogP contribution in [0.3, 0.4) is 0 Å². The molecule has 0 atom stereocenters. The Labute approximate surface area is 74.0 Å². The fourth-order valence-electron chi connectivity index (χ4n) is 1.43.